The molecule has 1 unspecified atom stereocenters. The van der Waals surface area contributed by atoms with Gasteiger partial charge in [0.25, 0.3) is 0 Å². The number of hydrogen-bond acceptors (Lipinski definition) is 11. The van der Waals surface area contributed by atoms with Crippen molar-refractivity contribution in [2.24, 2.45) is 17.3 Å². The SMILES string of the molecule is CC[C@]12C=CCN3CC[C@@]4(c5cc([C@@]6(C(=O)OC)C[C@H]7C[C@H](C(C)(F)F)CN(Cc8c6[nH]c6ccccc86)C7)c(OC)cc5N(C)[C@H]4[C@@](O)(C(=O)OC)[C@@H]1OC(C)=O)[C@@H]32. The van der Waals surface area contributed by atoms with Crippen molar-refractivity contribution in [3.8, 4) is 5.75 Å². The van der Waals surface area contributed by atoms with Crippen molar-refractivity contribution in [2.45, 2.75) is 93.5 Å². The monoisotopic (exact) mass is 816 g/mol. The zero-order valence-electron chi connectivity index (χ0n) is 34.8. The molecule has 1 spiro atoms. The highest BCUT2D eigenvalue weighted by atomic mass is 19.3. The first-order valence-corrected chi connectivity index (χ1v) is 20.7. The Morgan fingerprint density at radius 1 is 1.03 bits per heavy atom. The fraction of sp³-hybridized carbons (Fsp3) is 0.578. The maximum atomic E-state index is 15.3. The second-order valence-corrected chi connectivity index (χ2v) is 18.0. The van der Waals surface area contributed by atoms with Gasteiger partial charge in [-0.3, -0.25) is 19.4 Å². The molecule has 1 aromatic heterocycles. The second-order valence-electron chi connectivity index (χ2n) is 18.0. The molecule has 9 rings (SSSR count). The van der Waals surface area contributed by atoms with Crippen LogP contribution in [-0.2, 0) is 46.0 Å². The normalized spacial score (nSPS) is 35.8. The standard InChI is InChI=1S/C45H54F2N4O8/c1-8-42-14-11-16-51-17-15-43(36(42)51)30-19-31(34(56-5)20-33(30)49(4)37(43)45(55,40(54)58-7)38(42)59-25(2)52)44(39(53)57-6)21-26-18-27(41(3,46)47)23-50(22-26)24-29-28-12-9-10-13-32(28)48-35(29)44/h9-14,19-20,26-27,36-38,48,55H,8,15-18,21-24H2,1-7H3/t26-,27+,36+,37-,38-,42-,43-,44+,45+/m1/s1. The first kappa shape index (κ1) is 39.9. The van der Waals surface area contributed by atoms with Crippen molar-refractivity contribution >= 4 is 34.5 Å². The Balaban J connectivity index is 1.35. The number of para-hydroxylation sites is 1. The minimum Gasteiger partial charge on any atom is -0.496 e. The first-order valence-electron chi connectivity index (χ1n) is 20.7. The predicted molar refractivity (Wildman–Crippen MR) is 214 cm³/mol. The number of piperidine rings is 1. The van der Waals surface area contributed by atoms with Gasteiger partial charge in [-0.1, -0.05) is 37.3 Å². The number of hydrogen-bond donors (Lipinski definition) is 2. The number of carbonyl (C=O) groups is 3. The van der Waals surface area contributed by atoms with Crippen LogP contribution in [0.5, 0.6) is 5.75 Å². The molecule has 2 aromatic carbocycles. The average Bonchev–Trinajstić information content (AvgIpc) is 3.86. The van der Waals surface area contributed by atoms with Crippen LogP contribution in [0, 0.1) is 17.3 Å². The van der Waals surface area contributed by atoms with Gasteiger partial charge in [-0.2, -0.15) is 0 Å². The zero-order chi connectivity index (χ0) is 42.0. The molecule has 0 amide bonds. The quantitative estimate of drug-likeness (QED) is 0.188. The molecule has 3 aromatic rings. The Hall–Kier alpha value is -4.53. The summed E-state index contributed by atoms with van der Waals surface area (Å²) in [4.78, 5) is 52.5. The van der Waals surface area contributed by atoms with Crippen molar-refractivity contribution in [2.75, 3.05) is 59.5 Å². The van der Waals surface area contributed by atoms with Crippen LogP contribution >= 0.6 is 0 Å². The third-order valence-corrected chi connectivity index (χ3v) is 15.3. The lowest BCUT2D eigenvalue weighted by Gasteiger charge is -2.63. The van der Waals surface area contributed by atoms with Gasteiger partial charge in [-0.05, 0) is 68.3 Å². The number of likely N-dealkylation sites (N-methyl/N-ethyl adjacent to an activating group) is 1. The summed E-state index contributed by atoms with van der Waals surface area (Å²) in [6, 6.07) is 10.3. The lowest BCUT2D eigenvalue weighted by molar-refractivity contribution is -0.228. The molecular formula is C45H54F2N4O8. The summed E-state index contributed by atoms with van der Waals surface area (Å²) in [7, 11) is 5.94. The molecule has 12 nitrogen and oxygen atoms in total. The van der Waals surface area contributed by atoms with Crippen molar-refractivity contribution in [3.63, 3.8) is 0 Å². The number of nitrogens with one attached hydrogen (secondary N) is 1. The highest BCUT2D eigenvalue weighted by Crippen LogP contribution is 2.68. The number of aromatic amines is 1. The summed E-state index contributed by atoms with van der Waals surface area (Å²) in [5.74, 6) is -5.92. The van der Waals surface area contributed by atoms with E-state index in [1.807, 2.05) is 67.4 Å². The maximum absolute atomic E-state index is 15.3. The molecule has 2 saturated heterocycles. The van der Waals surface area contributed by atoms with Gasteiger partial charge in [-0.15, -0.1) is 0 Å². The fourth-order valence-electron chi connectivity index (χ4n) is 13.2. The van der Waals surface area contributed by atoms with Crippen LogP contribution in [0.2, 0.25) is 0 Å². The molecule has 2 bridgehead atoms. The van der Waals surface area contributed by atoms with E-state index in [2.05, 4.69) is 14.8 Å². The zero-order valence-corrected chi connectivity index (χ0v) is 34.8. The number of aromatic nitrogens is 1. The molecule has 1 aliphatic carbocycles. The summed E-state index contributed by atoms with van der Waals surface area (Å²) in [5, 5.41) is 14.2. The van der Waals surface area contributed by atoms with Gasteiger partial charge in [0.15, 0.2) is 6.10 Å². The van der Waals surface area contributed by atoms with Crippen LogP contribution in [-0.4, -0.2) is 122 Å². The van der Waals surface area contributed by atoms with Gasteiger partial charge >= 0.3 is 17.9 Å². The topological polar surface area (TPSA) is 134 Å². The molecule has 59 heavy (non-hydrogen) atoms. The number of esters is 3. The Morgan fingerprint density at radius 3 is 2.46 bits per heavy atom. The first-order chi connectivity index (χ1) is 28.1. The lowest BCUT2D eigenvalue weighted by atomic mass is 9.47. The number of alkyl halides is 2. The summed E-state index contributed by atoms with van der Waals surface area (Å²) in [6.07, 6.45) is 4.04. The summed E-state index contributed by atoms with van der Waals surface area (Å²) in [5.41, 5.74) is -1.64. The average molecular weight is 817 g/mol. The molecule has 0 radical (unpaired) electrons. The van der Waals surface area contributed by atoms with Crippen LogP contribution in [0.25, 0.3) is 10.9 Å². The molecule has 10 atom stereocenters. The van der Waals surface area contributed by atoms with Gasteiger partial charge in [-0.25, -0.2) is 13.6 Å². The van der Waals surface area contributed by atoms with Crippen molar-refractivity contribution in [3.05, 3.63) is 70.9 Å². The number of H-pyrrole nitrogens is 1. The number of anilines is 1. The second kappa shape index (κ2) is 13.5. The number of methoxy groups -OCH3 is 3. The number of aliphatic hydroxyl groups is 1. The number of carbonyl (C=O) groups excluding carboxylic acids is 3. The highest BCUT2D eigenvalue weighted by Gasteiger charge is 2.80. The molecule has 316 valence electrons. The summed E-state index contributed by atoms with van der Waals surface area (Å²) in [6.45, 7) is 6.55. The van der Waals surface area contributed by atoms with E-state index in [0.29, 0.717) is 61.7 Å². The van der Waals surface area contributed by atoms with E-state index in [0.717, 1.165) is 29.0 Å². The van der Waals surface area contributed by atoms with Crippen LogP contribution in [0.1, 0.15) is 68.8 Å². The van der Waals surface area contributed by atoms with E-state index < -0.39 is 63.7 Å². The van der Waals surface area contributed by atoms with Crippen molar-refractivity contribution < 1.29 is 47.2 Å². The highest BCUT2D eigenvalue weighted by molar-refractivity contribution is 5.95. The van der Waals surface area contributed by atoms with Gasteiger partial charge < -0.3 is 33.9 Å². The molecule has 6 heterocycles. The Bertz CT molecular complexity index is 2270. The van der Waals surface area contributed by atoms with Crippen molar-refractivity contribution in [1.29, 1.82) is 0 Å². The molecular weight excluding hydrogens is 763 g/mol. The van der Waals surface area contributed by atoms with Crippen LogP contribution in [0.3, 0.4) is 0 Å². The fourth-order valence-corrected chi connectivity index (χ4v) is 13.2. The van der Waals surface area contributed by atoms with E-state index >= 15 is 13.6 Å². The van der Waals surface area contributed by atoms with E-state index in [1.54, 1.807) is 0 Å². The number of nitrogens with zero attached hydrogens (tertiary/aromatic N) is 3. The van der Waals surface area contributed by atoms with Crippen LogP contribution < -0.4 is 9.64 Å². The van der Waals surface area contributed by atoms with E-state index in [-0.39, 0.29) is 31.3 Å². The Morgan fingerprint density at radius 2 is 1.78 bits per heavy atom. The number of halogens is 2. The molecule has 3 fully saturated rings. The maximum Gasteiger partial charge on any atom is 0.344 e. The number of benzene rings is 2. The Kier molecular flexibility index (Phi) is 9.12. The molecule has 2 N–H and O–H groups in total. The van der Waals surface area contributed by atoms with Gasteiger partial charge in [0, 0.05) is 96.9 Å². The van der Waals surface area contributed by atoms with E-state index in [1.165, 1.54) is 28.3 Å². The molecule has 14 heteroatoms. The van der Waals surface area contributed by atoms with Gasteiger partial charge in [0.2, 0.25) is 11.5 Å². The van der Waals surface area contributed by atoms with E-state index in [9.17, 15) is 14.7 Å². The molecule has 5 aliphatic heterocycles. The van der Waals surface area contributed by atoms with Crippen LogP contribution in [0.4, 0.5) is 14.5 Å². The smallest absolute Gasteiger partial charge is 0.344 e. The minimum absolute atomic E-state index is 0.155. The minimum atomic E-state index is -2.94. The number of fused-ring (bicyclic) bond motifs is 6. The summed E-state index contributed by atoms with van der Waals surface area (Å²) >= 11 is 0. The molecule has 1 saturated carbocycles. The molecule has 6 aliphatic rings. The number of rotatable bonds is 7. The number of ether oxygens (including phenoxy) is 4. The Labute approximate surface area is 342 Å². The lowest BCUT2D eigenvalue weighted by Crippen LogP contribution is -2.81. The largest absolute Gasteiger partial charge is 0.496 e. The third kappa shape index (κ3) is 5.17. The summed E-state index contributed by atoms with van der Waals surface area (Å²) < 4.78 is 54.3. The van der Waals surface area contributed by atoms with Gasteiger partial charge in [0.05, 0.1) is 27.4 Å². The van der Waals surface area contributed by atoms with Gasteiger partial charge in [0.1, 0.15) is 11.2 Å². The van der Waals surface area contributed by atoms with Crippen molar-refractivity contribution in [1.82, 2.24) is 14.8 Å². The third-order valence-electron chi connectivity index (χ3n) is 15.3. The van der Waals surface area contributed by atoms with Crippen LogP contribution in [0.15, 0.2) is 48.6 Å². The van der Waals surface area contributed by atoms with E-state index in [4.69, 9.17) is 18.9 Å². The predicted octanol–water partition coefficient (Wildman–Crippen LogP) is 5.08.